The standard InChI is InChI=1S/C26H31BrN4O4/c1-5-6-14-31-17(4)22(24(32)35-16(2)3)23(30-26(31)34)18-10-9-11-19(15-18)28-25(33)29-21-13-8-7-12-20(21)27/h7-13,15-16,23H,5-6,14H2,1-4H3,(H,30,34)(H2,28,29,33). The van der Waals surface area contributed by atoms with Crippen molar-refractivity contribution >= 4 is 45.3 Å². The predicted molar refractivity (Wildman–Crippen MR) is 140 cm³/mol. The van der Waals surface area contributed by atoms with Gasteiger partial charge in [-0.3, -0.25) is 4.90 Å². The third-order valence-electron chi connectivity index (χ3n) is 5.49. The number of carbonyl (C=O) groups is 3. The van der Waals surface area contributed by atoms with Gasteiger partial charge in [0.05, 0.1) is 23.4 Å². The Hall–Kier alpha value is -3.33. The van der Waals surface area contributed by atoms with Crippen LogP contribution in [0.3, 0.4) is 0 Å². The van der Waals surface area contributed by atoms with Gasteiger partial charge in [0.15, 0.2) is 0 Å². The number of halogens is 1. The number of ether oxygens (including phenoxy) is 1. The molecule has 8 nitrogen and oxygen atoms in total. The molecule has 1 heterocycles. The molecule has 4 amide bonds. The molecule has 0 spiro atoms. The first kappa shape index (κ1) is 26.3. The lowest BCUT2D eigenvalue weighted by Crippen LogP contribution is -2.48. The number of urea groups is 2. The second-order valence-corrected chi connectivity index (χ2v) is 9.38. The van der Waals surface area contributed by atoms with E-state index >= 15 is 0 Å². The van der Waals surface area contributed by atoms with E-state index in [-0.39, 0.29) is 12.1 Å². The summed E-state index contributed by atoms with van der Waals surface area (Å²) in [5.74, 6) is -0.478. The van der Waals surface area contributed by atoms with Crippen molar-refractivity contribution in [1.82, 2.24) is 10.2 Å². The molecule has 0 aromatic heterocycles. The van der Waals surface area contributed by atoms with Crippen LogP contribution in [0.2, 0.25) is 0 Å². The van der Waals surface area contributed by atoms with Gasteiger partial charge in [0, 0.05) is 22.4 Å². The summed E-state index contributed by atoms with van der Waals surface area (Å²) in [7, 11) is 0. The fourth-order valence-electron chi connectivity index (χ4n) is 3.80. The molecule has 0 radical (unpaired) electrons. The highest BCUT2D eigenvalue weighted by Crippen LogP contribution is 2.33. The minimum atomic E-state index is -0.709. The van der Waals surface area contributed by atoms with Gasteiger partial charge in [-0.05, 0) is 73.0 Å². The zero-order valence-corrected chi connectivity index (χ0v) is 21.9. The molecule has 0 aliphatic carbocycles. The van der Waals surface area contributed by atoms with Crippen LogP contribution in [0, 0.1) is 0 Å². The summed E-state index contributed by atoms with van der Waals surface area (Å²) >= 11 is 3.41. The molecule has 0 saturated heterocycles. The van der Waals surface area contributed by atoms with E-state index in [0.717, 1.165) is 17.3 Å². The minimum absolute atomic E-state index is 0.271. The number of esters is 1. The number of anilines is 2. The molecule has 1 unspecified atom stereocenters. The molecule has 2 aromatic carbocycles. The number of carbonyl (C=O) groups excluding carboxylic acids is 3. The maximum absolute atomic E-state index is 13.1. The molecule has 186 valence electrons. The predicted octanol–water partition coefficient (Wildman–Crippen LogP) is 6.19. The van der Waals surface area contributed by atoms with Gasteiger partial charge in [0.25, 0.3) is 0 Å². The molecule has 1 aliphatic heterocycles. The number of allylic oxidation sites excluding steroid dienone is 1. The Kier molecular flexibility index (Phi) is 8.92. The number of rotatable bonds is 8. The van der Waals surface area contributed by atoms with E-state index in [1.807, 2.05) is 25.1 Å². The average molecular weight is 543 g/mol. The van der Waals surface area contributed by atoms with Gasteiger partial charge in [-0.2, -0.15) is 0 Å². The normalized spacial score (nSPS) is 15.7. The molecule has 0 saturated carbocycles. The Morgan fingerprint density at radius 1 is 1.14 bits per heavy atom. The smallest absolute Gasteiger partial charge is 0.338 e. The number of nitrogens with zero attached hydrogens (tertiary/aromatic N) is 1. The van der Waals surface area contributed by atoms with Crippen molar-refractivity contribution in [1.29, 1.82) is 0 Å². The molecule has 9 heteroatoms. The Morgan fingerprint density at radius 2 is 1.89 bits per heavy atom. The summed E-state index contributed by atoms with van der Waals surface area (Å²) in [5, 5.41) is 8.54. The van der Waals surface area contributed by atoms with E-state index in [2.05, 4.69) is 31.9 Å². The maximum atomic E-state index is 13.1. The highest BCUT2D eigenvalue weighted by Gasteiger charge is 2.36. The van der Waals surface area contributed by atoms with Crippen LogP contribution in [0.25, 0.3) is 0 Å². The van der Waals surface area contributed by atoms with Crippen molar-refractivity contribution in [2.75, 3.05) is 17.2 Å². The quantitative estimate of drug-likeness (QED) is 0.346. The van der Waals surface area contributed by atoms with Gasteiger partial charge in [-0.25, -0.2) is 14.4 Å². The molecule has 0 fully saturated rings. The fourth-order valence-corrected chi connectivity index (χ4v) is 4.19. The molecule has 35 heavy (non-hydrogen) atoms. The highest BCUT2D eigenvalue weighted by molar-refractivity contribution is 9.10. The second kappa shape index (κ2) is 11.9. The van der Waals surface area contributed by atoms with E-state index in [1.165, 1.54) is 0 Å². The molecule has 1 aliphatic rings. The van der Waals surface area contributed by atoms with Gasteiger partial charge in [0.1, 0.15) is 0 Å². The molecule has 1 atom stereocenters. The SMILES string of the molecule is CCCCN1C(=O)NC(c2cccc(NC(=O)Nc3ccccc3Br)c2)C(C(=O)OC(C)C)=C1C. The summed E-state index contributed by atoms with van der Waals surface area (Å²) in [6.07, 6.45) is 1.43. The summed E-state index contributed by atoms with van der Waals surface area (Å²) in [6, 6.07) is 12.9. The molecule has 3 rings (SSSR count). The monoisotopic (exact) mass is 542 g/mol. The van der Waals surface area contributed by atoms with Crippen LogP contribution in [0.4, 0.5) is 21.0 Å². The first-order valence-corrected chi connectivity index (χ1v) is 12.4. The van der Waals surface area contributed by atoms with Gasteiger partial charge in [-0.1, -0.05) is 37.6 Å². The molecule has 2 aromatic rings. The van der Waals surface area contributed by atoms with Crippen molar-refractivity contribution in [2.45, 2.75) is 52.7 Å². The summed E-state index contributed by atoms with van der Waals surface area (Å²) in [6.45, 7) is 7.89. The van der Waals surface area contributed by atoms with Crippen LogP contribution in [-0.2, 0) is 9.53 Å². The Labute approximate surface area is 214 Å². The van der Waals surface area contributed by atoms with Crippen molar-refractivity contribution in [2.24, 2.45) is 0 Å². The van der Waals surface area contributed by atoms with Crippen LogP contribution in [0.1, 0.15) is 52.1 Å². The van der Waals surface area contributed by atoms with E-state index in [0.29, 0.717) is 34.8 Å². The van der Waals surface area contributed by atoms with Crippen LogP contribution in [-0.4, -0.2) is 35.6 Å². The fraction of sp³-hybridized carbons (Fsp3) is 0.346. The maximum Gasteiger partial charge on any atom is 0.338 e. The van der Waals surface area contributed by atoms with Crippen LogP contribution < -0.4 is 16.0 Å². The zero-order chi connectivity index (χ0) is 25.5. The Balaban J connectivity index is 1.89. The van der Waals surface area contributed by atoms with E-state index < -0.39 is 18.0 Å². The van der Waals surface area contributed by atoms with E-state index in [4.69, 9.17) is 4.74 Å². The van der Waals surface area contributed by atoms with Crippen molar-refractivity contribution in [3.63, 3.8) is 0 Å². The van der Waals surface area contributed by atoms with Crippen molar-refractivity contribution in [3.8, 4) is 0 Å². The highest BCUT2D eigenvalue weighted by atomic mass is 79.9. The third-order valence-corrected chi connectivity index (χ3v) is 6.19. The number of benzene rings is 2. The Morgan fingerprint density at radius 3 is 2.57 bits per heavy atom. The lowest BCUT2D eigenvalue weighted by molar-refractivity contribution is -0.143. The van der Waals surface area contributed by atoms with Crippen molar-refractivity contribution < 1.29 is 19.1 Å². The van der Waals surface area contributed by atoms with E-state index in [1.54, 1.807) is 56.0 Å². The van der Waals surface area contributed by atoms with Gasteiger partial charge >= 0.3 is 18.0 Å². The zero-order valence-electron chi connectivity index (χ0n) is 20.4. The molecule has 0 bridgehead atoms. The molecule has 3 N–H and O–H groups in total. The molecular weight excluding hydrogens is 512 g/mol. The lowest BCUT2D eigenvalue weighted by Gasteiger charge is -2.35. The van der Waals surface area contributed by atoms with Gasteiger partial charge in [-0.15, -0.1) is 0 Å². The minimum Gasteiger partial charge on any atom is -0.459 e. The van der Waals surface area contributed by atoms with Gasteiger partial charge < -0.3 is 20.7 Å². The molecular formula is C26H31BrN4O4. The van der Waals surface area contributed by atoms with Crippen LogP contribution in [0.5, 0.6) is 0 Å². The first-order valence-electron chi connectivity index (χ1n) is 11.6. The number of unbranched alkanes of at least 4 members (excludes halogenated alkanes) is 1. The van der Waals surface area contributed by atoms with E-state index in [9.17, 15) is 14.4 Å². The Bertz CT molecular complexity index is 1130. The third kappa shape index (κ3) is 6.63. The van der Waals surface area contributed by atoms with Crippen molar-refractivity contribution in [3.05, 3.63) is 69.8 Å². The number of hydrogen-bond acceptors (Lipinski definition) is 4. The summed E-state index contributed by atoms with van der Waals surface area (Å²) in [4.78, 5) is 40.2. The number of hydrogen-bond donors (Lipinski definition) is 3. The average Bonchev–Trinajstić information content (AvgIpc) is 2.79. The number of amides is 4. The van der Waals surface area contributed by atoms with Crippen LogP contribution >= 0.6 is 15.9 Å². The number of nitrogens with one attached hydrogen (secondary N) is 3. The number of para-hydroxylation sites is 1. The summed E-state index contributed by atoms with van der Waals surface area (Å²) < 4.78 is 6.27. The van der Waals surface area contributed by atoms with Crippen LogP contribution in [0.15, 0.2) is 64.3 Å². The first-order chi connectivity index (χ1) is 16.7. The van der Waals surface area contributed by atoms with Gasteiger partial charge in [0.2, 0.25) is 0 Å². The largest absolute Gasteiger partial charge is 0.459 e. The second-order valence-electron chi connectivity index (χ2n) is 8.53. The topological polar surface area (TPSA) is 99.8 Å². The summed E-state index contributed by atoms with van der Waals surface area (Å²) in [5.41, 5.74) is 2.75. The lowest BCUT2D eigenvalue weighted by atomic mass is 9.94.